The molecule has 1 aromatic heterocycles. The zero-order valence-corrected chi connectivity index (χ0v) is 20.9. The maximum Gasteiger partial charge on any atom is 0.337 e. The molecule has 0 saturated carbocycles. The lowest BCUT2D eigenvalue weighted by Gasteiger charge is -2.13. The van der Waals surface area contributed by atoms with Gasteiger partial charge in [-0.3, -0.25) is 4.79 Å². The number of methoxy groups -OCH3 is 1. The molecule has 1 aliphatic heterocycles. The monoisotopic (exact) mass is 493 g/mol. The maximum atomic E-state index is 12.6. The average Bonchev–Trinajstić information content (AvgIpc) is 3.31. The largest absolute Gasteiger partial charge is 0.465 e. The van der Waals surface area contributed by atoms with Crippen LogP contribution in [0, 0.1) is 13.8 Å². The van der Waals surface area contributed by atoms with Gasteiger partial charge in [0.25, 0.3) is 5.91 Å². The first-order chi connectivity index (χ1) is 16.3. The number of aliphatic imine (C=N–C) groups is 1. The average molecular weight is 494 g/mol. The fourth-order valence-corrected chi connectivity index (χ4v) is 4.81. The summed E-state index contributed by atoms with van der Waals surface area (Å²) in [4.78, 5) is 29.7. The van der Waals surface area contributed by atoms with E-state index in [1.807, 2.05) is 54.8 Å². The highest BCUT2D eigenvalue weighted by molar-refractivity contribution is 8.18. The molecule has 1 N–H and O–H groups in total. The molecule has 1 fully saturated rings. The Balaban J connectivity index is 1.65. The first-order valence-electron chi connectivity index (χ1n) is 10.8. The highest BCUT2D eigenvalue weighted by atomic mass is 35.5. The van der Waals surface area contributed by atoms with E-state index in [0.717, 1.165) is 29.1 Å². The van der Waals surface area contributed by atoms with Crippen LogP contribution in [-0.2, 0) is 16.0 Å². The normalized spacial score (nSPS) is 15.7. The zero-order valence-electron chi connectivity index (χ0n) is 19.3. The van der Waals surface area contributed by atoms with Crippen LogP contribution in [-0.4, -0.2) is 28.7 Å². The number of amides is 1. The number of benzene rings is 2. The van der Waals surface area contributed by atoms with Gasteiger partial charge in [0.05, 0.1) is 34.0 Å². The minimum absolute atomic E-state index is 0.190. The number of aromatic nitrogens is 1. The van der Waals surface area contributed by atoms with Crippen molar-refractivity contribution in [1.29, 1.82) is 0 Å². The molecule has 0 unspecified atom stereocenters. The smallest absolute Gasteiger partial charge is 0.337 e. The number of carbonyl (C=O) groups excluding carboxylic acids is 2. The van der Waals surface area contributed by atoms with Gasteiger partial charge in [-0.05, 0) is 85.6 Å². The number of hydrogen-bond donors (Lipinski definition) is 1. The van der Waals surface area contributed by atoms with Crippen molar-refractivity contribution in [3.63, 3.8) is 0 Å². The van der Waals surface area contributed by atoms with Gasteiger partial charge in [0.15, 0.2) is 5.17 Å². The number of rotatable bonds is 5. The fourth-order valence-electron chi connectivity index (χ4n) is 3.78. The van der Waals surface area contributed by atoms with E-state index >= 15 is 0 Å². The molecule has 2 aromatic carbocycles. The summed E-state index contributed by atoms with van der Waals surface area (Å²) in [6, 6.07) is 15.0. The first-order valence-corrected chi connectivity index (χ1v) is 12.0. The molecule has 0 spiro atoms. The number of carbonyl (C=O) groups is 2. The Hall–Kier alpha value is -3.29. The molecule has 2 heterocycles. The van der Waals surface area contributed by atoms with Crippen molar-refractivity contribution in [2.24, 2.45) is 4.99 Å². The van der Waals surface area contributed by atoms with Crippen molar-refractivity contribution in [3.8, 4) is 5.69 Å². The fraction of sp³-hybridized carbons (Fsp3) is 0.192. The van der Waals surface area contributed by atoms with Crippen LogP contribution in [0.25, 0.3) is 11.8 Å². The van der Waals surface area contributed by atoms with Crippen LogP contribution in [0.4, 0.5) is 5.69 Å². The van der Waals surface area contributed by atoms with Crippen LogP contribution in [0.3, 0.4) is 0 Å². The number of nitrogens with one attached hydrogen (secondary N) is 1. The standard InChI is InChI=1S/C26H24ClN3O3S/c1-5-17-6-9-20(10-7-17)28-26-29-24(31)23(34-26)14-19-12-15(2)30(16(19)3)22-13-18(25(32)33-4)8-11-21(22)27/h6-14H,5H2,1-4H3,(H,28,29,31)/b23-14-. The van der Waals surface area contributed by atoms with E-state index in [9.17, 15) is 9.59 Å². The molecule has 34 heavy (non-hydrogen) atoms. The van der Waals surface area contributed by atoms with Crippen molar-refractivity contribution in [2.75, 3.05) is 7.11 Å². The summed E-state index contributed by atoms with van der Waals surface area (Å²) in [5, 5.41) is 3.89. The van der Waals surface area contributed by atoms with Crippen molar-refractivity contribution < 1.29 is 14.3 Å². The van der Waals surface area contributed by atoms with Gasteiger partial charge < -0.3 is 14.6 Å². The highest BCUT2D eigenvalue weighted by Gasteiger charge is 2.25. The summed E-state index contributed by atoms with van der Waals surface area (Å²) >= 11 is 7.77. The lowest BCUT2D eigenvalue weighted by Crippen LogP contribution is -2.19. The molecule has 1 saturated heterocycles. The van der Waals surface area contributed by atoms with Gasteiger partial charge >= 0.3 is 5.97 Å². The van der Waals surface area contributed by atoms with Crippen LogP contribution < -0.4 is 5.32 Å². The molecule has 1 amide bonds. The molecule has 1 aliphatic rings. The van der Waals surface area contributed by atoms with Gasteiger partial charge in [0, 0.05) is 11.4 Å². The van der Waals surface area contributed by atoms with Gasteiger partial charge in [0.2, 0.25) is 0 Å². The predicted octanol–water partition coefficient (Wildman–Crippen LogP) is 5.99. The Bertz CT molecular complexity index is 1340. The molecule has 0 radical (unpaired) electrons. The number of hydrogen-bond acceptors (Lipinski definition) is 5. The summed E-state index contributed by atoms with van der Waals surface area (Å²) in [5.74, 6) is -0.623. The van der Waals surface area contributed by atoms with Crippen LogP contribution in [0.15, 0.2) is 58.4 Å². The second kappa shape index (κ2) is 9.91. The third-order valence-electron chi connectivity index (χ3n) is 5.59. The summed E-state index contributed by atoms with van der Waals surface area (Å²) in [6.45, 7) is 6.00. The lowest BCUT2D eigenvalue weighted by atomic mass is 10.2. The van der Waals surface area contributed by atoms with E-state index in [-0.39, 0.29) is 5.91 Å². The summed E-state index contributed by atoms with van der Waals surface area (Å²) in [6.07, 6.45) is 2.81. The van der Waals surface area contributed by atoms with E-state index in [2.05, 4.69) is 17.2 Å². The number of aryl methyl sites for hydroxylation is 2. The molecule has 174 valence electrons. The number of halogens is 1. The van der Waals surface area contributed by atoms with Crippen molar-refractivity contribution >= 4 is 52.2 Å². The molecular weight excluding hydrogens is 470 g/mol. The van der Waals surface area contributed by atoms with E-state index < -0.39 is 5.97 Å². The van der Waals surface area contributed by atoms with E-state index in [0.29, 0.717) is 26.3 Å². The van der Waals surface area contributed by atoms with Crippen molar-refractivity contribution in [2.45, 2.75) is 27.2 Å². The van der Waals surface area contributed by atoms with Gasteiger partial charge in [0.1, 0.15) is 0 Å². The second-order valence-corrected chi connectivity index (χ2v) is 9.26. The Morgan fingerprint density at radius 3 is 2.59 bits per heavy atom. The number of esters is 1. The van der Waals surface area contributed by atoms with E-state index in [1.165, 1.54) is 24.4 Å². The van der Waals surface area contributed by atoms with Crippen LogP contribution in [0.2, 0.25) is 5.02 Å². The van der Waals surface area contributed by atoms with E-state index in [1.54, 1.807) is 18.2 Å². The number of nitrogens with zero attached hydrogens (tertiary/aromatic N) is 2. The molecule has 3 aromatic rings. The molecule has 4 rings (SSSR count). The SMILES string of the molecule is CCc1ccc(N=C2NC(=O)/C(=C/c3cc(C)n(-c4cc(C(=O)OC)ccc4Cl)c3C)S2)cc1. The van der Waals surface area contributed by atoms with Crippen LogP contribution >= 0.6 is 23.4 Å². The molecular formula is C26H24ClN3O3S. The van der Waals surface area contributed by atoms with Crippen molar-refractivity contribution in [3.05, 3.63) is 86.5 Å². The first kappa shape index (κ1) is 23.9. The van der Waals surface area contributed by atoms with Gasteiger partial charge in [-0.1, -0.05) is 30.7 Å². The lowest BCUT2D eigenvalue weighted by molar-refractivity contribution is -0.115. The Morgan fingerprint density at radius 2 is 1.91 bits per heavy atom. The number of ether oxygens (including phenoxy) is 1. The van der Waals surface area contributed by atoms with Gasteiger partial charge in [-0.15, -0.1) is 0 Å². The Labute approximate surface area is 207 Å². The zero-order chi connectivity index (χ0) is 24.4. The molecule has 0 aliphatic carbocycles. The van der Waals surface area contributed by atoms with Crippen molar-refractivity contribution in [1.82, 2.24) is 9.88 Å². The third kappa shape index (κ3) is 4.81. The van der Waals surface area contributed by atoms with E-state index in [4.69, 9.17) is 16.3 Å². The van der Waals surface area contributed by atoms with Gasteiger partial charge in [-0.25, -0.2) is 9.79 Å². The quantitative estimate of drug-likeness (QED) is 0.350. The van der Waals surface area contributed by atoms with Crippen LogP contribution in [0.5, 0.6) is 0 Å². The highest BCUT2D eigenvalue weighted by Crippen LogP contribution is 2.32. The minimum Gasteiger partial charge on any atom is -0.465 e. The molecule has 6 nitrogen and oxygen atoms in total. The third-order valence-corrected chi connectivity index (χ3v) is 6.82. The Morgan fingerprint density at radius 1 is 1.18 bits per heavy atom. The molecule has 8 heteroatoms. The summed E-state index contributed by atoms with van der Waals surface area (Å²) in [7, 11) is 1.34. The van der Waals surface area contributed by atoms with Crippen LogP contribution in [0.1, 0.15) is 39.8 Å². The summed E-state index contributed by atoms with van der Waals surface area (Å²) in [5.41, 5.74) is 5.80. The number of amidine groups is 1. The minimum atomic E-state index is -0.433. The maximum absolute atomic E-state index is 12.6. The topological polar surface area (TPSA) is 72.7 Å². The second-order valence-electron chi connectivity index (χ2n) is 7.82. The predicted molar refractivity (Wildman–Crippen MR) is 138 cm³/mol. The number of thioether (sulfide) groups is 1. The molecule has 0 bridgehead atoms. The molecule has 0 atom stereocenters. The van der Waals surface area contributed by atoms with Gasteiger partial charge in [-0.2, -0.15) is 0 Å². The summed E-state index contributed by atoms with van der Waals surface area (Å²) < 4.78 is 6.80. The Kier molecular flexibility index (Phi) is 6.95.